The molecule has 0 spiro atoms. The molecule has 2 atom stereocenters. The van der Waals surface area contributed by atoms with E-state index < -0.39 is 0 Å². The summed E-state index contributed by atoms with van der Waals surface area (Å²) in [5.41, 5.74) is 0. The third-order valence-electron chi connectivity index (χ3n) is 3.57. The maximum absolute atomic E-state index is 11.9. The summed E-state index contributed by atoms with van der Waals surface area (Å²) in [4.78, 5) is 14.4. The topological polar surface area (TPSA) is 44.4 Å². The van der Waals surface area contributed by atoms with Crippen molar-refractivity contribution in [3.05, 3.63) is 0 Å². The van der Waals surface area contributed by atoms with E-state index in [0.29, 0.717) is 12.5 Å². The smallest absolute Gasteiger partial charge is 0.221 e. The third kappa shape index (κ3) is 4.78. The average molecular weight is 271 g/mol. The van der Waals surface area contributed by atoms with Gasteiger partial charge in [0.1, 0.15) is 0 Å². The van der Waals surface area contributed by atoms with E-state index in [4.69, 9.17) is 0 Å². The predicted octanol–water partition coefficient (Wildman–Crippen LogP) is 0.682. The van der Waals surface area contributed by atoms with Gasteiger partial charge in [-0.15, -0.1) is 0 Å². The van der Waals surface area contributed by atoms with Crippen LogP contribution in [0.3, 0.4) is 0 Å². The molecule has 0 saturated carbocycles. The molecule has 2 fully saturated rings. The van der Waals surface area contributed by atoms with Crippen molar-refractivity contribution in [1.82, 2.24) is 15.5 Å². The number of likely N-dealkylation sites (tertiary alicyclic amines) is 1. The van der Waals surface area contributed by atoms with E-state index in [2.05, 4.69) is 22.5 Å². The van der Waals surface area contributed by atoms with Crippen LogP contribution in [0.2, 0.25) is 0 Å². The van der Waals surface area contributed by atoms with E-state index >= 15 is 0 Å². The van der Waals surface area contributed by atoms with Gasteiger partial charge >= 0.3 is 0 Å². The molecule has 2 saturated heterocycles. The van der Waals surface area contributed by atoms with Gasteiger partial charge in [0.15, 0.2) is 0 Å². The zero-order valence-corrected chi connectivity index (χ0v) is 12.1. The van der Waals surface area contributed by atoms with Crippen LogP contribution in [0.5, 0.6) is 0 Å². The summed E-state index contributed by atoms with van der Waals surface area (Å²) in [6.45, 7) is 6.53. The Labute approximate surface area is 114 Å². The standard InChI is InChI=1S/C13H25N3OS/c1-11(9-16-5-2-3-6-16)15-13(17)8-12-10-18-7-4-14-12/h11-12,14H,2-10H2,1H3,(H,15,17). The lowest BCUT2D eigenvalue weighted by atomic mass is 10.2. The van der Waals surface area contributed by atoms with E-state index in [0.717, 1.165) is 18.8 Å². The minimum absolute atomic E-state index is 0.196. The number of rotatable bonds is 5. The summed E-state index contributed by atoms with van der Waals surface area (Å²) >= 11 is 1.94. The first kappa shape index (κ1) is 14.2. The van der Waals surface area contributed by atoms with Gasteiger partial charge in [0.05, 0.1) is 0 Å². The number of hydrogen-bond donors (Lipinski definition) is 2. The highest BCUT2D eigenvalue weighted by molar-refractivity contribution is 7.99. The normalized spacial score (nSPS) is 27.1. The molecule has 0 aromatic carbocycles. The molecule has 2 heterocycles. The minimum Gasteiger partial charge on any atom is -0.352 e. The highest BCUT2D eigenvalue weighted by atomic mass is 32.2. The fourth-order valence-corrected chi connectivity index (χ4v) is 3.66. The highest BCUT2D eigenvalue weighted by Gasteiger charge is 2.19. The van der Waals surface area contributed by atoms with Crippen LogP contribution < -0.4 is 10.6 Å². The molecule has 0 aromatic heterocycles. The Hall–Kier alpha value is -0.260. The van der Waals surface area contributed by atoms with Crippen LogP contribution in [-0.2, 0) is 4.79 Å². The number of thioether (sulfide) groups is 1. The van der Waals surface area contributed by atoms with Gasteiger partial charge in [-0.1, -0.05) is 0 Å². The first-order chi connectivity index (χ1) is 8.74. The first-order valence-corrected chi connectivity index (χ1v) is 8.22. The Kier molecular flexibility index (Phi) is 5.79. The van der Waals surface area contributed by atoms with Gasteiger partial charge in [0.25, 0.3) is 0 Å². The average Bonchev–Trinajstić information content (AvgIpc) is 2.82. The second-order valence-electron chi connectivity index (χ2n) is 5.41. The SMILES string of the molecule is CC(CN1CCCC1)NC(=O)CC1CSCCN1. The molecule has 0 aromatic rings. The molecule has 2 rings (SSSR count). The molecule has 2 unspecified atom stereocenters. The molecular formula is C13H25N3OS. The van der Waals surface area contributed by atoms with Crippen LogP contribution in [0.15, 0.2) is 0 Å². The molecule has 4 nitrogen and oxygen atoms in total. The fourth-order valence-electron chi connectivity index (χ4n) is 2.71. The molecule has 1 amide bonds. The van der Waals surface area contributed by atoms with E-state index in [-0.39, 0.29) is 11.9 Å². The maximum Gasteiger partial charge on any atom is 0.221 e. The number of amides is 1. The Morgan fingerprint density at radius 1 is 1.50 bits per heavy atom. The summed E-state index contributed by atoms with van der Waals surface area (Å²) in [6, 6.07) is 0.634. The number of carbonyl (C=O) groups is 1. The molecule has 5 heteroatoms. The Morgan fingerprint density at radius 3 is 2.94 bits per heavy atom. The quantitative estimate of drug-likeness (QED) is 0.772. The van der Waals surface area contributed by atoms with Gasteiger partial charge in [0, 0.05) is 43.1 Å². The second kappa shape index (κ2) is 7.36. The molecule has 0 radical (unpaired) electrons. The van der Waals surface area contributed by atoms with Gasteiger partial charge in [-0.2, -0.15) is 11.8 Å². The molecule has 0 aliphatic carbocycles. The lowest BCUT2D eigenvalue weighted by Crippen LogP contribution is -2.45. The van der Waals surface area contributed by atoms with Crippen LogP contribution >= 0.6 is 11.8 Å². The van der Waals surface area contributed by atoms with Crippen molar-refractivity contribution in [2.45, 2.75) is 38.3 Å². The van der Waals surface area contributed by atoms with Gasteiger partial charge in [-0.05, 0) is 32.9 Å². The molecule has 2 aliphatic heterocycles. The van der Waals surface area contributed by atoms with Crippen LogP contribution in [0.4, 0.5) is 0 Å². The molecular weight excluding hydrogens is 246 g/mol. The molecule has 2 aliphatic rings. The zero-order valence-electron chi connectivity index (χ0n) is 11.3. The van der Waals surface area contributed by atoms with Crippen LogP contribution in [0, 0.1) is 0 Å². The van der Waals surface area contributed by atoms with E-state index in [1.165, 1.54) is 31.7 Å². The monoisotopic (exact) mass is 271 g/mol. The van der Waals surface area contributed by atoms with Crippen LogP contribution in [-0.4, -0.2) is 60.6 Å². The molecule has 18 heavy (non-hydrogen) atoms. The number of carbonyl (C=O) groups excluding carboxylic acids is 1. The lowest BCUT2D eigenvalue weighted by Gasteiger charge is -2.25. The minimum atomic E-state index is 0.196. The molecule has 2 N–H and O–H groups in total. The van der Waals surface area contributed by atoms with Crippen molar-refractivity contribution in [2.24, 2.45) is 0 Å². The third-order valence-corrected chi connectivity index (χ3v) is 4.70. The molecule has 0 bridgehead atoms. The lowest BCUT2D eigenvalue weighted by molar-refractivity contribution is -0.122. The van der Waals surface area contributed by atoms with Crippen LogP contribution in [0.1, 0.15) is 26.2 Å². The molecule has 104 valence electrons. The Balaban J connectivity index is 1.62. The summed E-state index contributed by atoms with van der Waals surface area (Å²) in [6.07, 6.45) is 3.24. The summed E-state index contributed by atoms with van der Waals surface area (Å²) < 4.78 is 0. The number of hydrogen-bond acceptors (Lipinski definition) is 4. The van der Waals surface area contributed by atoms with Crippen molar-refractivity contribution in [2.75, 3.05) is 37.7 Å². The van der Waals surface area contributed by atoms with Crippen LogP contribution in [0.25, 0.3) is 0 Å². The second-order valence-corrected chi connectivity index (χ2v) is 6.56. The van der Waals surface area contributed by atoms with E-state index in [9.17, 15) is 4.79 Å². The summed E-state index contributed by atoms with van der Waals surface area (Å²) in [5.74, 6) is 2.43. The number of nitrogens with one attached hydrogen (secondary N) is 2. The van der Waals surface area contributed by atoms with Crippen molar-refractivity contribution in [1.29, 1.82) is 0 Å². The van der Waals surface area contributed by atoms with Crippen molar-refractivity contribution >= 4 is 17.7 Å². The van der Waals surface area contributed by atoms with Gasteiger partial charge in [0.2, 0.25) is 5.91 Å². The van der Waals surface area contributed by atoms with Crippen molar-refractivity contribution in [3.8, 4) is 0 Å². The summed E-state index contributed by atoms with van der Waals surface area (Å²) in [5, 5.41) is 6.53. The van der Waals surface area contributed by atoms with Gasteiger partial charge in [-0.3, -0.25) is 4.79 Å². The van der Waals surface area contributed by atoms with E-state index in [1.54, 1.807) is 0 Å². The first-order valence-electron chi connectivity index (χ1n) is 7.07. The van der Waals surface area contributed by atoms with Crippen molar-refractivity contribution in [3.63, 3.8) is 0 Å². The highest BCUT2D eigenvalue weighted by Crippen LogP contribution is 2.10. The Bertz CT molecular complexity index is 263. The largest absolute Gasteiger partial charge is 0.352 e. The maximum atomic E-state index is 11.9. The van der Waals surface area contributed by atoms with Gasteiger partial charge < -0.3 is 15.5 Å². The predicted molar refractivity (Wildman–Crippen MR) is 77.0 cm³/mol. The fraction of sp³-hybridized carbons (Fsp3) is 0.923. The van der Waals surface area contributed by atoms with Gasteiger partial charge in [-0.25, -0.2) is 0 Å². The van der Waals surface area contributed by atoms with Crippen molar-refractivity contribution < 1.29 is 4.79 Å². The zero-order chi connectivity index (χ0) is 12.8. The van der Waals surface area contributed by atoms with E-state index in [1.807, 2.05) is 11.8 Å². The summed E-state index contributed by atoms with van der Waals surface area (Å²) in [7, 11) is 0. The Morgan fingerprint density at radius 2 is 2.28 bits per heavy atom. The number of nitrogens with zero attached hydrogens (tertiary/aromatic N) is 1.